The summed E-state index contributed by atoms with van der Waals surface area (Å²) in [7, 11) is 1.34. The van der Waals surface area contributed by atoms with E-state index in [0.29, 0.717) is 17.4 Å². The maximum absolute atomic E-state index is 11.4. The van der Waals surface area contributed by atoms with Crippen molar-refractivity contribution in [2.24, 2.45) is 0 Å². The molecule has 0 aliphatic carbocycles. The maximum atomic E-state index is 11.4. The van der Waals surface area contributed by atoms with E-state index in [0.717, 1.165) is 28.8 Å². The lowest BCUT2D eigenvalue weighted by atomic mass is 10.1. The molecule has 2 heterocycles. The van der Waals surface area contributed by atoms with Crippen molar-refractivity contribution in [3.8, 4) is 5.75 Å². The first kappa shape index (κ1) is 14.3. The molecule has 2 aromatic rings. The van der Waals surface area contributed by atoms with Gasteiger partial charge in [-0.15, -0.1) is 11.3 Å². The van der Waals surface area contributed by atoms with Crippen LogP contribution in [0.4, 0.5) is 5.13 Å². The van der Waals surface area contributed by atoms with Gasteiger partial charge in [-0.25, -0.2) is 9.78 Å². The van der Waals surface area contributed by atoms with Crippen molar-refractivity contribution >= 4 is 38.4 Å². The molecule has 21 heavy (non-hydrogen) atoms. The predicted octanol–water partition coefficient (Wildman–Crippen LogP) is 3.24. The molecule has 1 N–H and O–H groups in total. The van der Waals surface area contributed by atoms with Gasteiger partial charge in [0.2, 0.25) is 0 Å². The highest BCUT2D eigenvalue weighted by atomic mass is 79.9. The fourth-order valence-electron chi connectivity index (χ4n) is 2.20. The molecule has 0 radical (unpaired) electrons. The summed E-state index contributed by atoms with van der Waals surface area (Å²) in [6.45, 7) is 1.32. The van der Waals surface area contributed by atoms with Crippen LogP contribution >= 0.6 is 27.3 Å². The minimum absolute atomic E-state index is 0.320. The van der Waals surface area contributed by atoms with Crippen LogP contribution in [0, 0.1) is 0 Å². The normalized spacial score (nSPS) is 12.7. The molecule has 0 saturated carbocycles. The summed E-state index contributed by atoms with van der Waals surface area (Å²) >= 11 is 4.89. The number of carbonyl (C=O) groups is 1. The van der Waals surface area contributed by atoms with E-state index in [9.17, 15) is 4.79 Å². The molecule has 5 nitrogen and oxygen atoms in total. The zero-order valence-corrected chi connectivity index (χ0v) is 13.7. The molecule has 0 bridgehead atoms. The van der Waals surface area contributed by atoms with Crippen LogP contribution in [-0.4, -0.2) is 24.7 Å². The number of thiazole rings is 1. The Kier molecular flexibility index (Phi) is 4.12. The van der Waals surface area contributed by atoms with Crippen LogP contribution in [0.1, 0.15) is 21.6 Å². The van der Waals surface area contributed by atoms with Crippen molar-refractivity contribution in [2.75, 3.05) is 19.0 Å². The van der Waals surface area contributed by atoms with E-state index >= 15 is 0 Å². The smallest absolute Gasteiger partial charge is 0.357 e. The summed E-state index contributed by atoms with van der Waals surface area (Å²) in [6.07, 6.45) is 0.936. The monoisotopic (exact) mass is 368 g/mol. The van der Waals surface area contributed by atoms with Crippen molar-refractivity contribution in [2.45, 2.75) is 13.0 Å². The lowest BCUT2D eigenvalue weighted by Gasteiger charge is -2.09. The molecule has 1 aliphatic rings. The summed E-state index contributed by atoms with van der Waals surface area (Å²) in [4.78, 5) is 15.6. The third kappa shape index (κ3) is 3.03. The van der Waals surface area contributed by atoms with Gasteiger partial charge in [-0.05, 0) is 17.7 Å². The van der Waals surface area contributed by atoms with Gasteiger partial charge in [0.05, 0.1) is 13.7 Å². The van der Waals surface area contributed by atoms with E-state index < -0.39 is 5.97 Å². The van der Waals surface area contributed by atoms with Gasteiger partial charge in [0.1, 0.15) is 5.75 Å². The average molecular weight is 369 g/mol. The van der Waals surface area contributed by atoms with Crippen molar-refractivity contribution in [3.63, 3.8) is 0 Å². The number of hydrogen-bond acceptors (Lipinski definition) is 6. The first-order valence-electron chi connectivity index (χ1n) is 6.39. The van der Waals surface area contributed by atoms with Gasteiger partial charge in [-0.3, -0.25) is 0 Å². The highest BCUT2D eigenvalue weighted by Crippen LogP contribution is 2.33. The Hall–Kier alpha value is -1.60. The number of anilines is 1. The fraction of sp³-hybridized carbons (Fsp3) is 0.286. The summed E-state index contributed by atoms with van der Waals surface area (Å²) in [5.74, 6) is 0.529. The van der Waals surface area contributed by atoms with E-state index in [1.807, 2.05) is 6.07 Å². The Balaban J connectivity index is 1.74. The molecular formula is C14H13BrN2O3S. The number of esters is 1. The number of rotatable bonds is 4. The Labute approximate surface area is 134 Å². The summed E-state index contributed by atoms with van der Waals surface area (Å²) in [5, 5.41) is 5.58. The number of halogens is 1. The van der Waals surface area contributed by atoms with Crippen molar-refractivity contribution in [1.29, 1.82) is 0 Å². The first-order chi connectivity index (χ1) is 10.2. The molecule has 110 valence electrons. The van der Waals surface area contributed by atoms with Crippen LogP contribution in [0.2, 0.25) is 0 Å². The predicted molar refractivity (Wildman–Crippen MR) is 84.1 cm³/mol. The Morgan fingerprint density at radius 2 is 2.43 bits per heavy atom. The second kappa shape index (κ2) is 6.03. The van der Waals surface area contributed by atoms with Crippen LogP contribution in [0.5, 0.6) is 5.75 Å². The SMILES string of the molecule is COC(=O)c1csc(NCc2cc(Br)cc3c2OCC3)n1. The molecule has 0 spiro atoms. The molecule has 1 aromatic heterocycles. The zero-order valence-electron chi connectivity index (χ0n) is 11.3. The summed E-state index contributed by atoms with van der Waals surface area (Å²) in [6, 6.07) is 4.12. The lowest BCUT2D eigenvalue weighted by Crippen LogP contribution is -2.04. The minimum atomic E-state index is -0.425. The number of fused-ring (bicyclic) bond motifs is 1. The van der Waals surface area contributed by atoms with E-state index in [2.05, 4.69) is 37.0 Å². The van der Waals surface area contributed by atoms with Crippen LogP contribution in [0.15, 0.2) is 22.0 Å². The largest absolute Gasteiger partial charge is 0.493 e. The van der Waals surface area contributed by atoms with Gasteiger partial charge in [0.25, 0.3) is 0 Å². The van der Waals surface area contributed by atoms with Gasteiger partial charge in [0, 0.05) is 28.4 Å². The molecule has 1 aliphatic heterocycles. The third-order valence-electron chi connectivity index (χ3n) is 3.15. The van der Waals surface area contributed by atoms with Crippen LogP contribution < -0.4 is 10.1 Å². The molecule has 0 amide bonds. The first-order valence-corrected chi connectivity index (χ1v) is 8.06. The highest BCUT2D eigenvalue weighted by Gasteiger charge is 2.18. The number of aromatic nitrogens is 1. The zero-order chi connectivity index (χ0) is 14.8. The number of hydrogen-bond donors (Lipinski definition) is 1. The minimum Gasteiger partial charge on any atom is -0.493 e. The van der Waals surface area contributed by atoms with Crippen LogP contribution in [0.3, 0.4) is 0 Å². The second-order valence-electron chi connectivity index (χ2n) is 4.53. The van der Waals surface area contributed by atoms with Crippen molar-refractivity contribution < 1.29 is 14.3 Å². The maximum Gasteiger partial charge on any atom is 0.357 e. The number of carbonyl (C=O) groups excluding carboxylic acids is 1. The van der Waals surface area contributed by atoms with Crippen LogP contribution in [-0.2, 0) is 17.7 Å². The number of ether oxygens (including phenoxy) is 2. The molecule has 0 fully saturated rings. The number of benzene rings is 1. The van der Waals surface area contributed by atoms with Gasteiger partial charge < -0.3 is 14.8 Å². The number of nitrogens with one attached hydrogen (secondary N) is 1. The standard InChI is InChI=1S/C14H13BrN2O3S/c1-19-13(18)11-7-21-14(17-11)16-6-9-5-10(15)4-8-2-3-20-12(8)9/h4-5,7H,2-3,6H2,1H3,(H,16,17). The van der Waals surface area contributed by atoms with Gasteiger partial charge in [-0.2, -0.15) is 0 Å². The molecule has 0 atom stereocenters. The molecule has 7 heteroatoms. The van der Waals surface area contributed by atoms with E-state index in [1.54, 1.807) is 5.38 Å². The lowest BCUT2D eigenvalue weighted by molar-refractivity contribution is 0.0595. The number of nitrogens with zero attached hydrogens (tertiary/aromatic N) is 1. The molecular weight excluding hydrogens is 356 g/mol. The third-order valence-corrected chi connectivity index (χ3v) is 4.41. The Morgan fingerprint density at radius 1 is 1.57 bits per heavy atom. The number of methoxy groups -OCH3 is 1. The summed E-state index contributed by atoms with van der Waals surface area (Å²) < 4.78 is 11.4. The summed E-state index contributed by atoms with van der Waals surface area (Å²) in [5.41, 5.74) is 2.61. The molecule has 3 rings (SSSR count). The fourth-order valence-corrected chi connectivity index (χ4v) is 3.43. The quantitative estimate of drug-likeness (QED) is 0.839. The van der Waals surface area contributed by atoms with Gasteiger partial charge >= 0.3 is 5.97 Å². The van der Waals surface area contributed by atoms with E-state index in [1.165, 1.54) is 24.0 Å². The van der Waals surface area contributed by atoms with Crippen molar-refractivity contribution in [1.82, 2.24) is 4.98 Å². The van der Waals surface area contributed by atoms with Gasteiger partial charge in [-0.1, -0.05) is 15.9 Å². The molecule has 0 unspecified atom stereocenters. The van der Waals surface area contributed by atoms with E-state index in [4.69, 9.17) is 4.74 Å². The van der Waals surface area contributed by atoms with Gasteiger partial charge in [0.15, 0.2) is 10.8 Å². The topological polar surface area (TPSA) is 60.5 Å². The average Bonchev–Trinajstić information content (AvgIpc) is 3.12. The van der Waals surface area contributed by atoms with E-state index in [-0.39, 0.29) is 0 Å². The molecule has 0 saturated heterocycles. The molecule has 1 aromatic carbocycles. The highest BCUT2D eigenvalue weighted by molar-refractivity contribution is 9.10. The Bertz CT molecular complexity index is 687. The van der Waals surface area contributed by atoms with Crippen LogP contribution in [0.25, 0.3) is 0 Å². The Morgan fingerprint density at radius 3 is 3.24 bits per heavy atom. The second-order valence-corrected chi connectivity index (χ2v) is 6.31. The van der Waals surface area contributed by atoms with Crippen molar-refractivity contribution in [3.05, 3.63) is 38.8 Å².